The molecule has 1 atom stereocenters. The zero-order chi connectivity index (χ0) is 29.8. The lowest BCUT2D eigenvalue weighted by atomic mass is 9.94. The number of nitrogens with zero attached hydrogens (tertiary/aromatic N) is 3. The van der Waals surface area contributed by atoms with Gasteiger partial charge in [-0.15, -0.1) is 0 Å². The van der Waals surface area contributed by atoms with Crippen LogP contribution in [0.1, 0.15) is 43.7 Å². The number of hydrogen-bond acceptors (Lipinski definition) is 10. The molecule has 1 aliphatic rings. The Labute approximate surface area is 243 Å². The largest absolute Gasteiger partial charge is 0.490 e. The van der Waals surface area contributed by atoms with Crippen molar-refractivity contribution in [3.8, 4) is 11.5 Å². The van der Waals surface area contributed by atoms with Gasteiger partial charge in [0, 0.05) is 11.8 Å². The van der Waals surface area contributed by atoms with E-state index in [9.17, 15) is 19.7 Å². The fourth-order valence-electron chi connectivity index (χ4n) is 4.60. The Morgan fingerprint density at radius 3 is 2.55 bits per heavy atom. The Morgan fingerprint density at radius 1 is 1.12 bits per heavy atom. The molecule has 2 aromatic carbocycles. The van der Waals surface area contributed by atoms with Crippen molar-refractivity contribution >= 4 is 34.8 Å². The van der Waals surface area contributed by atoms with Crippen molar-refractivity contribution in [1.82, 2.24) is 4.57 Å². The van der Waals surface area contributed by atoms with Crippen LogP contribution in [0, 0.1) is 10.1 Å². The van der Waals surface area contributed by atoms with Gasteiger partial charge in [0.2, 0.25) is 0 Å². The number of hydrogen-bond donors (Lipinski definition) is 0. The van der Waals surface area contributed by atoms with Crippen molar-refractivity contribution < 1.29 is 28.3 Å². The average molecular weight is 590 g/mol. The molecule has 1 aliphatic heterocycles. The van der Waals surface area contributed by atoms with E-state index < -0.39 is 22.5 Å². The lowest BCUT2D eigenvalue weighted by Crippen LogP contribution is -2.35. The highest BCUT2D eigenvalue weighted by Crippen LogP contribution is 2.43. The van der Waals surface area contributed by atoms with E-state index in [2.05, 4.69) is 0 Å². The van der Waals surface area contributed by atoms with Crippen LogP contribution in [-0.4, -0.2) is 28.7 Å². The Bertz CT molecular complexity index is 1840. The van der Waals surface area contributed by atoms with Crippen LogP contribution < -0.4 is 24.4 Å². The molecule has 0 unspecified atom stereocenters. The third-order valence-electron chi connectivity index (χ3n) is 6.48. The number of allylic oxidation sites excluding steroid dienone is 1. The van der Waals surface area contributed by atoms with E-state index in [0.29, 0.717) is 10.3 Å². The number of fused-ring (bicyclic) bond motifs is 1. The Hall–Kier alpha value is -4.97. The maximum Gasteiger partial charge on any atom is 0.338 e. The molecule has 4 aromatic rings. The minimum Gasteiger partial charge on any atom is -0.490 e. The number of thiazole rings is 1. The summed E-state index contributed by atoms with van der Waals surface area (Å²) < 4.78 is 24.1. The van der Waals surface area contributed by atoms with Crippen molar-refractivity contribution in [1.29, 1.82) is 0 Å². The number of carbonyl (C=O) groups is 1. The number of ether oxygens (including phenoxy) is 3. The number of aromatic nitrogens is 1. The number of nitro groups is 1. The van der Waals surface area contributed by atoms with Crippen LogP contribution in [-0.2, 0) is 16.1 Å². The van der Waals surface area contributed by atoms with E-state index in [-0.39, 0.29) is 58.6 Å². The highest BCUT2D eigenvalue weighted by molar-refractivity contribution is 7.07. The van der Waals surface area contributed by atoms with Crippen LogP contribution in [0.15, 0.2) is 80.6 Å². The summed E-state index contributed by atoms with van der Waals surface area (Å²) in [7, 11) is 0. The molecule has 3 heterocycles. The second kappa shape index (κ2) is 12.3. The number of benzene rings is 2. The molecular formula is C30H27N3O8S. The zero-order valence-electron chi connectivity index (χ0n) is 23.1. The minimum atomic E-state index is -1.15. The molecule has 5 rings (SSSR count). The number of nitro benzene ring substituents is 1. The summed E-state index contributed by atoms with van der Waals surface area (Å²) >= 11 is 1.08. The molecule has 0 saturated carbocycles. The molecule has 0 aliphatic carbocycles. The molecule has 11 nitrogen and oxygen atoms in total. The van der Waals surface area contributed by atoms with Gasteiger partial charge in [-0.1, -0.05) is 41.7 Å². The first kappa shape index (κ1) is 28.6. The maximum atomic E-state index is 13.4. The summed E-state index contributed by atoms with van der Waals surface area (Å²) in [6.07, 6.45) is 3.07. The Balaban J connectivity index is 1.70. The lowest BCUT2D eigenvalue weighted by Gasteiger charge is -2.23. The fraction of sp³-hybridized carbons (Fsp3) is 0.233. The number of esters is 1. The first-order valence-corrected chi connectivity index (χ1v) is 14.0. The van der Waals surface area contributed by atoms with E-state index in [1.54, 1.807) is 39.0 Å². The lowest BCUT2D eigenvalue weighted by molar-refractivity contribution is -0.385. The second-order valence-corrected chi connectivity index (χ2v) is 10.1. The standard InChI is InChI=1S/C30H27N3O8S/c1-4-38-23-15-21(22(33(36)37)16-24(23)41-17-19-10-7-6-8-11-19)27-26(29(35)39-5-2)18(3)32-28(34)25(42-30(32)31-27)14-20-12-9-13-40-20/h6-16,27H,4-5,17H2,1-3H3/b25-14+/t27-/m0/s1. The summed E-state index contributed by atoms with van der Waals surface area (Å²) in [5.41, 5.74) is 0.524. The molecule has 0 radical (unpaired) electrons. The molecule has 12 heteroatoms. The molecule has 2 aromatic heterocycles. The van der Waals surface area contributed by atoms with Gasteiger partial charge in [-0.3, -0.25) is 19.5 Å². The van der Waals surface area contributed by atoms with Gasteiger partial charge in [0.25, 0.3) is 11.2 Å². The first-order chi connectivity index (χ1) is 20.3. The predicted molar refractivity (Wildman–Crippen MR) is 155 cm³/mol. The van der Waals surface area contributed by atoms with Gasteiger partial charge < -0.3 is 18.6 Å². The quantitative estimate of drug-likeness (QED) is 0.151. The minimum absolute atomic E-state index is 0.0114. The van der Waals surface area contributed by atoms with Crippen molar-refractivity contribution in [2.75, 3.05) is 13.2 Å². The van der Waals surface area contributed by atoms with Crippen molar-refractivity contribution in [3.63, 3.8) is 0 Å². The SMILES string of the molecule is CCOC(=O)C1=C(C)n2c(s/c(=C/c3ccco3)c2=O)=N[C@H]1c1cc(OCC)c(OCc2ccccc2)cc1[N+](=O)[O-]. The van der Waals surface area contributed by atoms with Gasteiger partial charge in [0.1, 0.15) is 22.9 Å². The monoisotopic (exact) mass is 589 g/mol. The van der Waals surface area contributed by atoms with Crippen LogP contribution in [0.3, 0.4) is 0 Å². The summed E-state index contributed by atoms with van der Waals surface area (Å²) in [5.74, 6) is 0.165. The topological polar surface area (TPSA) is 135 Å². The first-order valence-electron chi connectivity index (χ1n) is 13.2. The molecule has 0 saturated heterocycles. The molecule has 216 valence electrons. The molecule has 42 heavy (non-hydrogen) atoms. The molecular weight excluding hydrogens is 562 g/mol. The highest BCUT2D eigenvalue weighted by Gasteiger charge is 2.36. The Kier molecular flexibility index (Phi) is 8.34. The molecule has 0 N–H and O–H groups in total. The second-order valence-electron chi connectivity index (χ2n) is 9.12. The Morgan fingerprint density at radius 2 is 1.88 bits per heavy atom. The van der Waals surface area contributed by atoms with Crippen molar-refractivity contribution in [3.05, 3.63) is 113 Å². The number of carbonyl (C=O) groups excluding carboxylic acids is 1. The average Bonchev–Trinajstić information content (AvgIpc) is 3.60. The molecule has 0 bridgehead atoms. The van der Waals surface area contributed by atoms with E-state index in [1.807, 2.05) is 30.3 Å². The van der Waals surface area contributed by atoms with Gasteiger partial charge in [-0.25, -0.2) is 9.79 Å². The predicted octanol–water partition coefficient (Wildman–Crippen LogP) is 4.39. The van der Waals surface area contributed by atoms with Gasteiger partial charge >= 0.3 is 5.97 Å². The van der Waals surface area contributed by atoms with Crippen molar-refractivity contribution in [2.24, 2.45) is 4.99 Å². The van der Waals surface area contributed by atoms with E-state index >= 15 is 0 Å². The van der Waals surface area contributed by atoms with E-state index in [4.69, 9.17) is 23.6 Å². The molecule has 0 spiro atoms. The van der Waals surface area contributed by atoms with Gasteiger partial charge in [-0.2, -0.15) is 0 Å². The smallest absolute Gasteiger partial charge is 0.338 e. The maximum absolute atomic E-state index is 13.4. The van der Waals surface area contributed by atoms with E-state index in [0.717, 1.165) is 16.9 Å². The van der Waals surface area contributed by atoms with Crippen LogP contribution in [0.4, 0.5) is 5.69 Å². The summed E-state index contributed by atoms with van der Waals surface area (Å²) in [5, 5.41) is 12.4. The van der Waals surface area contributed by atoms with Gasteiger partial charge in [0.05, 0.1) is 41.6 Å². The van der Waals surface area contributed by atoms with Crippen LogP contribution in [0.5, 0.6) is 11.5 Å². The summed E-state index contributed by atoms with van der Waals surface area (Å²) in [6, 6.07) is 14.4. The molecule has 0 fully saturated rings. The third kappa shape index (κ3) is 5.61. The van der Waals surface area contributed by atoms with Gasteiger partial charge in [0.15, 0.2) is 16.3 Å². The summed E-state index contributed by atoms with van der Waals surface area (Å²) in [4.78, 5) is 43.5. The fourth-order valence-corrected chi connectivity index (χ4v) is 5.62. The van der Waals surface area contributed by atoms with Gasteiger partial charge in [-0.05, 0) is 44.5 Å². The molecule has 0 amide bonds. The van der Waals surface area contributed by atoms with Crippen molar-refractivity contribution in [2.45, 2.75) is 33.4 Å². The van der Waals surface area contributed by atoms with E-state index in [1.165, 1.54) is 23.0 Å². The summed E-state index contributed by atoms with van der Waals surface area (Å²) in [6.45, 7) is 5.50. The van der Waals surface area contributed by atoms with Crippen LogP contribution >= 0.6 is 11.3 Å². The third-order valence-corrected chi connectivity index (χ3v) is 7.46. The number of rotatable bonds is 10. The van der Waals surface area contributed by atoms with Crippen LogP contribution in [0.2, 0.25) is 0 Å². The highest BCUT2D eigenvalue weighted by atomic mass is 32.1. The number of furan rings is 1. The normalized spacial score (nSPS) is 14.7. The van der Waals surface area contributed by atoms with Crippen LogP contribution in [0.25, 0.3) is 11.8 Å². The zero-order valence-corrected chi connectivity index (χ0v) is 23.9.